The van der Waals surface area contributed by atoms with E-state index in [-0.39, 0.29) is 12.5 Å². The Morgan fingerprint density at radius 3 is 2.67 bits per heavy atom. The predicted octanol–water partition coefficient (Wildman–Crippen LogP) is 1.73. The minimum atomic E-state index is 0.0111. The van der Waals surface area contributed by atoms with Gasteiger partial charge in [0.25, 0.3) is 0 Å². The van der Waals surface area contributed by atoms with Crippen LogP contribution in [0.4, 0.5) is 0 Å². The highest BCUT2D eigenvalue weighted by atomic mass is 16.5. The van der Waals surface area contributed by atoms with E-state index in [1.807, 2.05) is 25.1 Å². The molecular formula is C14H21NO3. The molecule has 0 bridgehead atoms. The Hall–Kier alpha value is -1.55. The van der Waals surface area contributed by atoms with Gasteiger partial charge in [-0.2, -0.15) is 0 Å². The van der Waals surface area contributed by atoms with Crippen LogP contribution < -0.4 is 4.74 Å². The molecule has 0 saturated heterocycles. The number of hydrogen-bond acceptors (Lipinski definition) is 3. The lowest BCUT2D eigenvalue weighted by Crippen LogP contribution is -2.21. The van der Waals surface area contributed by atoms with Crippen LogP contribution in [0.3, 0.4) is 0 Å². The number of aliphatic hydroxyl groups is 1. The molecule has 0 spiro atoms. The van der Waals surface area contributed by atoms with E-state index in [0.29, 0.717) is 19.4 Å². The van der Waals surface area contributed by atoms with Gasteiger partial charge in [-0.15, -0.1) is 0 Å². The van der Waals surface area contributed by atoms with Gasteiger partial charge in [-0.1, -0.05) is 6.07 Å². The number of nitrogens with zero attached hydrogens (tertiary/aromatic N) is 1. The summed E-state index contributed by atoms with van der Waals surface area (Å²) in [5, 5.41) is 9.09. The van der Waals surface area contributed by atoms with Crippen molar-refractivity contribution in [3.05, 3.63) is 29.3 Å². The van der Waals surface area contributed by atoms with Crippen molar-refractivity contribution in [1.82, 2.24) is 4.90 Å². The molecule has 0 saturated carbocycles. The fourth-order valence-corrected chi connectivity index (χ4v) is 1.64. The van der Waals surface area contributed by atoms with E-state index in [9.17, 15) is 4.79 Å². The van der Waals surface area contributed by atoms with Gasteiger partial charge in [0, 0.05) is 20.5 Å². The molecule has 0 aliphatic heterocycles. The molecule has 0 aromatic heterocycles. The smallest absolute Gasteiger partial charge is 0.222 e. The Morgan fingerprint density at radius 1 is 1.33 bits per heavy atom. The van der Waals surface area contributed by atoms with Crippen LogP contribution >= 0.6 is 0 Å². The molecule has 0 aliphatic carbocycles. The minimum Gasteiger partial charge on any atom is -0.494 e. The van der Waals surface area contributed by atoms with E-state index in [1.165, 1.54) is 0 Å². The average Bonchev–Trinajstić information content (AvgIpc) is 2.33. The van der Waals surface area contributed by atoms with Gasteiger partial charge < -0.3 is 14.7 Å². The van der Waals surface area contributed by atoms with Gasteiger partial charge in [0.15, 0.2) is 0 Å². The number of aryl methyl sites for hydroxylation is 1. The number of carbonyl (C=O) groups excluding carboxylic acids is 1. The number of hydrogen-bond donors (Lipinski definition) is 1. The highest BCUT2D eigenvalue weighted by Gasteiger charge is 2.04. The molecule has 0 fully saturated rings. The number of amides is 1. The standard InChI is InChI=1S/C14H21NO3/c1-11-7-12(10-16)9-13(8-11)18-6-4-5-14(17)15(2)3/h7-9,16H,4-6,10H2,1-3H3. The summed E-state index contributed by atoms with van der Waals surface area (Å²) in [6.45, 7) is 2.48. The first-order chi connectivity index (χ1) is 8.52. The molecule has 1 N–H and O–H groups in total. The first kappa shape index (κ1) is 14.5. The molecule has 0 aliphatic rings. The summed E-state index contributed by atoms with van der Waals surface area (Å²) in [4.78, 5) is 12.9. The normalized spacial score (nSPS) is 10.2. The van der Waals surface area contributed by atoms with Crippen LogP contribution in [0, 0.1) is 6.92 Å². The lowest BCUT2D eigenvalue weighted by Gasteiger charge is -2.11. The lowest BCUT2D eigenvalue weighted by molar-refractivity contribution is -0.128. The van der Waals surface area contributed by atoms with Gasteiger partial charge in [-0.25, -0.2) is 0 Å². The topological polar surface area (TPSA) is 49.8 Å². The lowest BCUT2D eigenvalue weighted by atomic mass is 10.1. The van der Waals surface area contributed by atoms with Crippen LogP contribution in [0.1, 0.15) is 24.0 Å². The van der Waals surface area contributed by atoms with Gasteiger partial charge >= 0.3 is 0 Å². The zero-order valence-corrected chi connectivity index (χ0v) is 11.3. The number of benzene rings is 1. The highest BCUT2D eigenvalue weighted by molar-refractivity contribution is 5.75. The molecule has 4 heteroatoms. The van der Waals surface area contributed by atoms with Crippen molar-refractivity contribution in [2.24, 2.45) is 0 Å². The Kier molecular flexibility index (Phi) is 5.65. The molecular weight excluding hydrogens is 230 g/mol. The number of carbonyl (C=O) groups is 1. The quantitative estimate of drug-likeness (QED) is 0.783. The Balaban J connectivity index is 2.39. The summed E-state index contributed by atoms with van der Waals surface area (Å²) < 4.78 is 5.58. The number of ether oxygens (including phenoxy) is 1. The SMILES string of the molecule is Cc1cc(CO)cc(OCCCC(=O)N(C)C)c1. The summed E-state index contributed by atoms with van der Waals surface area (Å²) in [7, 11) is 3.49. The molecule has 4 nitrogen and oxygen atoms in total. The molecule has 1 amide bonds. The predicted molar refractivity (Wildman–Crippen MR) is 70.5 cm³/mol. The molecule has 0 radical (unpaired) electrons. The molecule has 0 unspecified atom stereocenters. The van der Waals surface area contributed by atoms with Gasteiger partial charge in [0.05, 0.1) is 13.2 Å². The minimum absolute atomic E-state index is 0.0111. The van der Waals surface area contributed by atoms with Crippen LogP contribution in [0.5, 0.6) is 5.75 Å². The maximum absolute atomic E-state index is 11.3. The first-order valence-electron chi connectivity index (χ1n) is 6.07. The third kappa shape index (κ3) is 4.75. The summed E-state index contributed by atoms with van der Waals surface area (Å²) in [5.41, 5.74) is 1.90. The van der Waals surface area contributed by atoms with Crippen molar-refractivity contribution >= 4 is 5.91 Å². The largest absolute Gasteiger partial charge is 0.494 e. The molecule has 100 valence electrons. The van der Waals surface area contributed by atoms with E-state index < -0.39 is 0 Å². The summed E-state index contributed by atoms with van der Waals surface area (Å²) >= 11 is 0. The van der Waals surface area contributed by atoms with E-state index >= 15 is 0 Å². The maximum Gasteiger partial charge on any atom is 0.222 e. The summed E-state index contributed by atoms with van der Waals surface area (Å²) in [6.07, 6.45) is 1.19. The van der Waals surface area contributed by atoms with Crippen LogP contribution in [-0.2, 0) is 11.4 Å². The summed E-state index contributed by atoms with van der Waals surface area (Å²) in [5.74, 6) is 0.857. The second-order valence-electron chi connectivity index (χ2n) is 4.55. The monoisotopic (exact) mass is 251 g/mol. The third-order valence-corrected chi connectivity index (χ3v) is 2.60. The van der Waals surface area contributed by atoms with E-state index in [1.54, 1.807) is 19.0 Å². The molecule has 1 rings (SSSR count). The van der Waals surface area contributed by atoms with Crippen molar-refractivity contribution in [2.75, 3.05) is 20.7 Å². The Morgan fingerprint density at radius 2 is 2.06 bits per heavy atom. The van der Waals surface area contributed by atoms with Crippen molar-refractivity contribution < 1.29 is 14.6 Å². The van der Waals surface area contributed by atoms with Crippen molar-refractivity contribution in [3.8, 4) is 5.75 Å². The van der Waals surface area contributed by atoms with Crippen LogP contribution in [0.15, 0.2) is 18.2 Å². The average molecular weight is 251 g/mol. The fourth-order valence-electron chi connectivity index (χ4n) is 1.64. The van der Waals surface area contributed by atoms with Crippen molar-refractivity contribution in [1.29, 1.82) is 0 Å². The maximum atomic E-state index is 11.3. The zero-order chi connectivity index (χ0) is 13.5. The Bertz CT molecular complexity index is 402. The van der Waals surface area contributed by atoms with E-state index in [4.69, 9.17) is 9.84 Å². The molecule has 1 aromatic carbocycles. The summed E-state index contributed by atoms with van der Waals surface area (Å²) in [6, 6.07) is 5.66. The second-order valence-corrected chi connectivity index (χ2v) is 4.55. The Labute approximate surface area is 108 Å². The molecule has 1 aromatic rings. The first-order valence-corrected chi connectivity index (χ1v) is 6.07. The van der Waals surface area contributed by atoms with Crippen molar-refractivity contribution in [2.45, 2.75) is 26.4 Å². The second kappa shape index (κ2) is 7.01. The highest BCUT2D eigenvalue weighted by Crippen LogP contribution is 2.17. The van der Waals surface area contributed by atoms with Gasteiger partial charge in [-0.3, -0.25) is 4.79 Å². The van der Waals surface area contributed by atoms with Gasteiger partial charge in [0.1, 0.15) is 5.75 Å². The van der Waals surface area contributed by atoms with Crippen LogP contribution in [0.2, 0.25) is 0 Å². The third-order valence-electron chi connectivity index (χ3n) is 2.60. The van der Waals surface area contributed by atoms with E-state index in [0.717, 1.165) is 16.9 Å². The molecule has 18 heavy (non-hydrogen) atoms. The number of aliphatic hydroxyl groups excluding tert-OH is 1. The van der Waals surface area contributed by atoms with Crippen LogP contribution in [0.25, 0.3) is 0 Å². The van der Waals surface area contributed by atoms with Crippen LogP contribution in [-0.4, -0.2) is 36.6 Å². The molecule has 0 heterocycles. The molecule has 0 atom stereocenters. The van der Waals surface area contributed by atoms with Gasteiger partial charge in [-0.05, 0) is 36.6 Å². The van der Waals surface area contributed by atoms with Gasteiger partial charge in [0.2, 0.25) is 5.91 Å². The zero-order valence-electron chi connectivity index (χ0n) is 11.3. The van der Waals surface area contributed by atoms with Crippen molar-refractivity contribution in [3.63, 3.8) is 0 Å². The fraction of sp³-hybridized carbons (Fsp3) is 0.500. The van der Waals surface area contributed by atoms with E-state index in [2.05, 4.69) is 0 Å². The number of rotatable bonds is 6.